The van der Waals surface area contributed by atoms with E-state index in [1.807, 2.05) is 18.2 Å². The standard InChI is InChI=1S/C46H61NO17/c1-25-30(62-40(53)35(51)34(29-16-13-18-57-29)47-41(54)64-42(4,5)6)21-46(55)39(58-22-28-14-11-10-12-15-28)37-44(9,38(52)36(61-26(2)49)33(25)43(46,7)8)31(60-24-56-19-17-48)20-32-45(37,23-59-32)63-27(3)50/h10-16,18,30-32,34-37,39,48,51,55H,17,19-24H2,1-9H3,(H,47,54)/t30?,31-,32+,34-,35+,36+,37?,39-,44+,45-,46+/m0/s1. The lowest BCUT2D eigenvalue weighted by molar-refractivity contribution is -0.357. The summed E-state index contributed by atoms with van der Waals surface area (Å²) >= 11 is 0. The Balaban J connectivity index is 1.54. The Bertz CT molecular complexity index is 2060. The number of furan rings is 1. The first-order valence-electron chi connectivity index (χ1n) is 21.3. The summed E-state index contributed by atoms with van der Waals surface area (Å²) in [6.45, 7) is 12.7. The summed E-state index contributed by atoms with van der Waals surface area (Å²) in [7, 11) is 0. The van der Waals surface area contributed by atoms with Gasteiger partial charge in [-0.2, -0.15) is 0 Å². The lowest BCUT2D eigenvalue weighted by Crippen LogP contribution is -2.82. The van der Waals surface area contributed by atoms with Crippen molar-refractivity contribution in [2.75, 3.05) is 26.6 Å². The molecule has 0 radical (unpaired) electrons. The molecule has 1 saturated heterocycles. The Morgan fingerprint density at radius 3 is 2.27 bits per heavy atom. The van der Waals surface area contributed by atoms with Crippen LogP contribution in [0.1, 0.15) is 92.5 Å². The van der Waals surface area contributed by atoms with Gasteiger partial charge in [0.15, 0.2) is 23.6 Å². The molecule has 352 valence electrons. The highest BCUT2D eigenvalue weighted by atomic mass is 16.7. The van der Waals surface area contributed by atoms with Crippen LogP contribution >= 0.6 is 0 Å². The fourth-order valence-electron chi connectivity index (χ4n) is 10.1. The first kappa shape index (κ1) is 48.8. The molecule has 2 saturated carbocycles. The lowest BCUT2D eigenvalue weighted by atomic mass is 9.44. The normalized spacial score (nSPS) is 31.7. The number of ketones is 1. The summed E-state index contributed by atoms with van der Waals surface area (Å²) in [4.78, 5) is 69.5. The molecule has 2 bridgehead atoms. The molecule has 2 unspecified atom stereocenters. The van der Waals surface area contributed by atoms with Gasteiger partial charge in [0.05, 0.1) is 50.3 Å². The molecule has 18 nitrogen and oxygen atoms in total. The van der Waals surface area contributed by atoms with Crippen LogP contribution in [-0.4, -0.2) is 125 Å². The van der Waals surface area contributed by atoms with Crippen LogP contribution in [0, 0.1) is 16.7 Å². The summed E-state index contributed by atoms with van der Waals surface area (Å²) in [5.41, 5.74) is -7.07. The maximum absolute atomic E-state index is 15.9. The predicted octanol–water partition coefficient (Wildman–Crippen LogP) is 3.77. The van der Waals surface area contributed by atoms with Crippen LogP contribution in [0.5, 0.6) is 0 Å². The Morgan fingerprint density at radius 2 is 1.69 bits per heavy atom. The minimum Gasteiger partial charge on any atom is -0.467 e. The first-order chi connectivity index (χ1) is 30.0. The van der Waals surface area contributed by atoms with Crippen molar-refractivity contribution in [3.05, 3.63) is 71.2 Å². The molecule has 3 fully saturated rings. The van der Waals surface area contributed by atoms with Crippen molar-refractivity contribution in [3.63, 3.8) is 0 Å². The number of ether oxygens (including phenoxy) is 8. The molecule has 1 aromatic carbocycles. The minimum atomic E-state index is -2.19. The molecule has 1 aromatic heterocycles. The number of rotatable bonds is 15. The van der Waals surface area contributed by atoms with Gasteiger partial charge >= 0.3 is 24.0 Å². The molecule has 2 aromatic rings. The van der Waals surface area contributed by atoms with E-state index in [2.05, 4.69) is 5.32 Å². The van der Waals surface area contributed by atoms with Gasteiger partial charge in [-0.25, -0.2) is 9.59 Å². The summed E-state index contributed by atoms with van der Waals surface area (Å²) in [5.74, 6) is -4.80. The quantitative estimate of drug-likeness (QED) is 0.0653. The Labute approximate surface area is 371 Å². The second-order valence-electron chi connectivity index (χ2n) is 18.7. The fraction of sp³-hybridized carbons (Fsp3) is 0.630. The van der Waals surface area contributed by atoms with Crippen LogP contribution in [0.4, 0.5) is 4.79 Å². The zero-order valence-corrected chi connectivity index (χ0v) is 37.7. The Kier molecular flexibility index (Phi) is 14.2. The van der Waals surface area contributed by atoms with E-state index in [1.165, 1.54) is 25.3 Å². The number of benzene rings is 1. The van der Waals surface area contributed by atoms with Crippen LogP contribution in [0.15, 0.2) is 64.3 Å². The third-order valence-electron chi connectivity index (χ3n) is 13.1. The van der Waals surface area contributed by atoms with E-state index < -0.39 is 112 Å². The molecular formula is C46H61NO17. The molecule has 4 aliphatic rings. The van der Waals surface area contributed by atoms with Crippen molar-refractivity contribution in [2.45, 2.75) is 141 Å². The van der Waals surface area contributed by atoms with Crippen LogP contribution in [0.2, 0.25) is 0 Å². The highest BCUT2D eigenvalue weighted by Crippen LogP contribution is 2.65. The van der Waals surface area contributed by atoms with Crippen LogP contribution in [-0.2, 0) is 63.7 Å². The molecule has 4 N–H and O–H groups in total. The van der Waals surface area contributed by atoms with Crippen LogP contribution in [0.3, 0.4) is 0 Å². The highest BCUT2D eigenvalue weighted by Gasteiger charge is 2.78. The highest BCUT2D eigenvalue weighted by molar-refractivity contribution is 5.95. The topological polar surface area (TPSA) is 245 Å². The van der Waals surface area contributed by atoms with E-state index >= 15 is 4.79 Å². The summed E-state index contributed by atoms with van der Waals surface area (Å²) < 4.78 is 54.1. The van der Waals surface area contributed by atoms with Gasteiger partial charge in [-0.1, -0.05) is 44.2 Å². The first-order valence-corrected chi connectivity index (χ1v) is 21.3. The molecule has 3 aliphatic carbocycles. The zero-order chi connectivity index (χ0) is 47.0. The third kappa shape index (κ3) is 9.10. The Hall–Kier alpha value is -4.69. The maximum Gasteiger partial charge on any atom is 0.408 e. The predicted molar refractivity (Wildman–Crippen MR) is 222 cm³/mol. The number of Topliss-reactive ketones (excluding diaryl/α,β-unsaturated/α-hetero) is 1. The average molecular weight is 900 g/mol. The smallest absolute Gasteiger partial charge is 0.408 e. The molecule has 18 heteroatoms. The van der Waals surface area contributed by atoms with E-state index in [9.17, 15) is 34.5 Å². The maximum atomic E-state index is 15.9. The number of hydrogen-bond donors (Lipinski definition) is 4. The Morgan fingerprint density at radius 1 is 0.984 bits per heavy atom. The third-order valence-corrected chi connectivity index (χ3v) is 13.1. The molecule has 11 atom stereocenters. The van der Waals surface area contributed by atoms with Crippen molar-refractivity contribution in [1.82, 2.24) is 5.32 Å². The van der Waals surface area contributed by atoms with Gasteiger partial charge in [-0.3, -0.25) is 14.4 Å². The second-order valence-corrected chi connectivity index (χ2v) is 18.7. The van der Waals surface area contributed by atoms with Gasteiger partial charge in [0.2, 0.25) is 0 Å². The molecule has 0 spiro atoms. The van der Waals surface area contributed by atoms with Crippen molar-refractivity contribution in [3.8, 4) is 0 Å². The number of fused-ring (bicyclic) bond motifs is 5. The van der Waals surface area contributed by atoms with Gasteiger partial charge in [-0.15, -0.1) is 0 Å². The summed E-state index contributed by atoms with van der Waals surface area (Å²) in [6, 6.07) is 10.5. The molecule has 64 heavy (non-hydrogen) atoms. The summed E-state index contributed by atoms with van der Waals surface area (Å²) in [6.07, 6.45) is -8.81. The number of amides is 1. The van der Waals surface area contributed by atoms with E-state index in [-0.39, 0.29) is 56.5 Å². The summed E-state index contributed by atoms with van der Waals surface area (Å²) in [5, 5.41) is 37.4. The molecule has 6 rings (SSSR count). The van der Waals surface area contributed by atoms with Crippen molar-refractivity contribution < 1.29 is 81.6 Å². The van der Waals surface area contributed by atoms with Gasteiger partial charge in [0.1, 0.15) is 42.0 Å². The zero-order valence-electron chi connectivity index (χ0n) is 37.7. The van der Waals surface area contributed by atoms with Crippen molar-refractivity contribution in [2.24, 2.45) is 16.7 Å². The van der Waals surface area contributed by atoms with Gasteiger partial charge in [0, 0.05) is 38.0 Å². The number of aliphatic hydroxyl groups excluding tert-OH is 2. The van der Waals surface area contributed by atoms with Crippen LogP contribution < -0.4 is 5.32 Å². The fourth-order valence-corrected chi connectivity index (χ4v) is 10.1. The molecule has 2 heterocycles. The van der Waals surface area contributed by atoms with Crippen LogP contribution in [0.25, 0.3) is 0 Å². The van der Waals surface area contributed by atoms with Gasteiger partial charge in [0.25, 0.3) is 0 Å². The number of esters is 3. The SMILES string of the molecule is CC(=O)O[C@H]1C(=O)[C@@]2(C)C([C@H](OCc3ccccc3)[C@]3(O)CC(OC(=O)[C@H](O)[C@@H](NC(=O)OC(C)(C)C)c4ccco4)C(C)=C1C3(C)C)[C@]1(OC(C)=O)CO[C@@H]1C[C@@H]2OCOCCO. The molecule has 1 aliphatic heterocycles. The van der Waals surface area contributed by atoms with Crippen molar-refractivity contribution in [1.29, 1.82) is 0 Å². The van der Waals surface area contributed by atoms with E-state index in [0.29, 0.717) is 5.56 Å². The van der Waals surface area contributed by atoms with E-state index in [1.54, 1.807) is 60.6 Å². The lowest BCUT2D eigenvalue weighted by Gasteiger charge is -2.68. The largest absolute Gasteiger partial charge is 0.467 e. The number of carbonyl (C=O) groups is 5. The number of nitrogens with one attached hydrogen (secondary N) is 1. The average Bonchev–Trinajstić information content (AvgIpc) is 3.74. The minimum absolute atomic E-state index is 0.00115. The molecular weight excluding hydrogens is 838 g/mol. The van der Waals surface area contributed by atoms with E-state index in [4.69, 9.17) is 42.3 Å². The monoisotopic (exact) mass is 899 g/mol. The second kappa shape index (κ2) is 18.7. The number of aliphatic hydroxyl groups is 3. The van der Waals surface area contributed by atoms with Gasteiger partial charge in [-0.05, 0) is 63.5 Å². The number of carbonyl (C=O) groups excluding carboxylic acids is 5. The molecule has 1 amide bonds. The van der Waals surface area contributed by atoms with Crippen molar-refractivity contribution >= 4 is 29.8 Å². The number of hydrogen-bond acceptors (Lipinski definition) is 17. The number of alkyl carbamates (subject to hydrolysis) is 1. The van der Waals surface area contributed by atoms with Gasteiger partial charge < -0.3 is 62.9 Å². The van der Waals surface area contributed by atoms with E-state index in [0.717, 1.165) is 6.92 Å².